The highest BCUT2D eigenvalue weighted by Gasteiger charge is 2.46. The molecule has 0 saturated carbocycles. The number of carbonyl (C=O) groups excluding carboxylic acids is 1. The van der Waals surface area contributed by atoms with E-state index in [0.29, 0.717) is 24.4 Å². The molecular weight excluding hydrogens is 290 g/mol. The number of carbonyl (C=O) groups is 1. The van der Waals surface area contributed by atoms with Crippen LogP contribution in [0.5, 0.6) is 5.75 Å². The molecule has 0 aliphatic carbocycles. The van der Waals surface area contributed by atoms with E-state index in [9.17, 15) is 4.79 Å². The van der Waals surface area contributed by atoms with E-state index in [1.54, 1.807) is 0 Å². The first kappa shape index (κ1) is 16.1. The molecule has 0 atom stereocenters. The van der Waals surface area contributed by atoms with Crippen LogP contribution in [0.3, 0.4) is 0 Å². The predicted octanol–water partition coefficient (Wildman–Crippen LogP) is 2.55. The zero-order valence-corrected chi connectivity index (χ0v) is 14.1. The normalized spacial score (nSPS) is 21.0. The summed E-state index contributed by atoms with van der Waals surface area (Å²) in [5, 5.41) is 3.38. The first-order valence-corrected chi connectivity index (χ1v) is 8.71. The second-order valence-electron chi connectivity index (χ2n) is 6.64. The van der Waals surface area contributed by atoms with Crippen LogP contribution >= 0.6 is 0 Å². The van der Waals surface area contributed by atoms with Crippen molar-refractivity contribution in [2.24, 2.45) is 5.92 Å². The Labute approximate surface area is 138 Å². The van der Waals surface area contributed by atoms with Crippen LogP contribution in [0.4, 0.5) is 11.4 Å². The maximum atomic E-state index is 13.2. The summed E-state index contributed by atoms with van der Waals surface area (Å²) in [6, 6.07) is 5.60. The highest BCUT2D eigenvalue weighted by Crippen LogP contribution is 2.42. The Hall–Kier alpha value is -1.75. The van der Waals surface area contributed by atoms with Crippen LogP contribution in [0.2, 0.25) is 0 Å². The molecule has 1 amide bonds. The van der Waals surface area contributed by atoms with Gasteiger partial charge in [-0.05, 0) is 56.8 Å². The second-order valence-corrected chi connectivity index (χ2v) is 6.64. The number of nitrogen functional groups attached to an aromatic ring is 1. The molecule has 3 N–H and O–H groups in total. The Morgan fingerprint density at radius 2 is 2.00 bits per heavy atom. The lowest BCUT2D eigenvalue weighted by Crippen LogP contribution is -2.57. The van der Waals surface area contributed by atoms with Crippen LogP contribution in [0.25, 0.3) is 0 Å². The number of amides is 1. The molecule has 0 unspecified atom stereocenters. The van der Waals surface area contributed by atoms with E-state index in [1.807, 2.05) is 36.9 Å². The maximum Gasteiger partial charge on any atom is 0.271 e. The Morgan fingerprint density at radius 3 is 2.65 bits per heavy atom. The number of benzene rings is 1. The van der Waals surface area contributed by atoms with E-state index in [4.69, 9.17) is 10.5 Å². The van der Waals surface area contributed by atoms with Crippen LogP contribution in [0.1, 0.15) is 39.5 Å². The van der Waals surface area contributed by atoms with Gasteiger partial charge in [0.15, 0.2) is 5.60 Å². The molecule has 23 heavy (non-hydrogen) atoms. The third-order valence-corrected chi connectivity index (χ3v) is 5.26. The predicted molar refractivity (Wildman–Crippen MR) is 92.7 cm³/mol. The lowest BCUT2D eigenvalue weighted by molar-refractivity contribution is -0.136. The summed E-state index contributed by atoms with van der Waals surface area (Å²) < 4.78 is 6.15. The minimum Gasteiger partial charge on any atom is -0.475 e. The SMILES string of the molecule is CCC1(CC)Oc2cc(N)ccc2N(CC2CCNCC2)C1=O. The summed E-state index contributed by atoms with van der Waals surface area (Å²) in [6.07, 6.45) is 3.55. The van der Waals surface area contributed by atoms with Gasteiger partial charge in [0.25, 0.3) is 5.91 Å². The third-order valence-electron chi connectivity index (χ3n) is 5.26. The van der Waals surface area contributed by atoms with Gasteiger partial charge < -0.3 is 20.7 Å². The van der Waals surface area contributed by atoms with E-state index >= 15 is 0 Å². The lowest BCUT2D eigenvalue weighted by Gasteiger charge is -2.43. The molecule has 2 aliphatic heterocycles. The first-order valence-electron chi connectivity index (χ1n) is 8.71. The van der Waals surface area contributed by atoms with E-state index in [1.165, 1.54) is 0 Å². The summed E-state index contributed by atoms with van der Waals surface area (Å²) >= 11 is 0. The van der Waals surface area contributed by atoms with Crippen molar-refractivity contribution in [3.8, 4) is 5.75 Å². The fraction of sp³-hybridized carbons (Fsp3) is 0.611. The average molecular weight is 317 g/mol. The van der Waals surface area contributed by atoms with Crippen molar-refractivity contribution < 1.29 is 9.53 Å². The quantitative estimate of drug-likeness (QED) is 0.838. The van der Waals surface area contributed by atoms with E-state index in [0.717, 1.165) is 43.9 Å². The van der Waals surface area contributed by atoms with E-state index in [2.05, 4.69) is 5.32 Å². The van der Waals surface area contributed by atoms with Crippen LogP contribution in [0, 0.1) is 5.92 Å². The third kappa shape index (κ3) is 2.90. The van der Waals surface area contributed by atoms with Crippen molar-refractivity contribution in [2.75, 3.05) is 30.3 Å². The van der Waals surface area contributed by atoms with Gasteiger partial charge in [0.05, 0.1) is 5.69 Å². The molecule has 1 aromatic rings. The monoisotopic (exact) mass is 317 g/mol. The summed E-state index contributed by atoms with van der Waals surface area (Å²) in [5.74, 6) is 1.37. The number of piperidine rings is 1. The number of nitrogens with zero attached hydrogens (tertiary/aromatic N) is 1. The first-order chi connectivity index (χ1) is 11.1. The van der Waals surface area contributed by atoms with Crippen LogP contribution in [0.15, 0.2) is 18.2 Å². The number of nitrogens with one attached hydrogen (secondary N) is 1. The molecule has 1 aromatic carbocycles. The number of ether oxygens (including phenoxy) is 1. The van der Waals surface area contributed by atoms with Gasteiger partial charge in [-0.1, -0.05) is 13.8 Å². The number of hydrogen-bond donors (Lipinski definition) is 2. The number of hydrogen-bond acceptors (Lipinski definition) is 4. The van der Waals surface area contributed by atoms with Gasteiger partial charge in [0, 0.05) is 18.3 Å². The fourth-order valence-corrected chi connectivity index (χ4v) is 3.65. The summed E-state index contributed by atoms with van der Waals surface area (Å²) in [7, 11) is 0. The molecule has 0 aromatic heterocycles. The van der Waals surface area contributed by atoms with Crippen LogP contribution < -0.4 is 20.7 Å². The van der Waals surface area contributed by atoms with Gasteiger partial charge >= 0.3 is 0 Å². The van der Waals surface area contributed by atoms with Gasteiger partial charge in [-0.2, -0.15) is 0 Å². The molecule has 5 heteroatoms. The van der Waals surface area contributed by atoms with Gasteiger partial charge in [0.1, 0.15) is 5.75 Å². The topological polar surface area (TPSA) is 67.6 Å². The molecule has 0 bridgehead atoms. The lowest BCUT2D eigenvalue weighted by atomic mass is 9.90. The van der Waals surface area contributed by atoms with Crippen molar-refractivity contribution in [2.45, 2.75) is 45.1 Å². The zero-order valence-electron chi connectivity index (χ0n) is 14.1. The molecule has 3 rings (SSSR count). The smallest absolute Gasteiger partial charge is 0.271 e. The Kier molecular flexibility index (Phi) is 4.48. The molecule has 2 heterocycles. The molecule has 0 radical (unpaired) electrons. The van der Waals surface area contributed by atoms with Crippen molar-refractivity contribution in [3.05, 3.63) is 18.2 Å². The Bertz CT molecular complexity index is 578. The van der Waals surface area contributed by atoms with Crippen molar-refractivity contribution in [1.82, 2.24) is 5.32 Å². The highest BCUT2D eigenvalue weighted by molar-refractivity contribution is 6.03. The summed E-state index contributed by atoms with van der Waals surface area (Å²) in [4.78, 5) is 15.1. The molecular formula is C18H27N3O2. The molecule has 1 saturated heterocycles. The van der Waals surface area contributed by atoms with Crippen molar-refractivity contribution in [1.29, 1.82) is 0 Å². The number of rotatable bonds is 4. The molecule has 0 spiro atoms. The summed E-state index contributed by atoms with van der Waals surface area (Å²) in [6.45, 7) is 6.86. The average Bonchev–Trinajstić information content (AvgIpc) is 2.58. The minimum atomic E-state index is -0.756. The molecule has 1 fully saturated rings. The van der Waals surface area contributed by atoms with E-state index < -0.39 is 5.60 Å². The van der Waals surface area contributed by atoms with Gasteiger partial charge in [0.2, 0.25) is 0 Å². The van der Waals surface area contributed by atoms with Crippen molar-refractivity contribution >= 4 is 17.3 Å². The van der Waals surface area contributed by atoms with Gasteiger partial charge in [-0.15, -0.1) is 0 Å². The fourth-order valence-electron chi connectivity index (χ4n) is 3.65. The van der Waals surface area contributed by atoms with Crippen LogP contribution in [-0.4, -0.2) is 31.1 Å². The number of nitrogens with two attached hydrogens (primary N) is 1. The Balaban J connectivity index is 1.96. The second kappa shape index (κ2) is 6.40. The zero-order chi connectivity index (χ0) is 16.4. The van der Waals surface area contributed by atoms with E-state index in [-0.39, 0.29) is 5.91 Å². The van der Waals surface area contributed by atoms with Crippen molar-refractivity contribution in [3.63, 3.8) is 0 Å². The maximum absolute atomic E-state index is 13.2. The van der Waals surface area contributed by atoms with Gasteiger partial charge in [-0.3, -0.25) is 4.79 Å². The number of fused-ring (bicyclic) bond motifs is 1. The highest BCUT2D eigenvalue weighted by atomic mass is 16.5. The molecule has 2 aliphatic rings. The van der Waals surface area contributed by atoms with Gasteiger partial charge in [-0.25, -0.2) is 0 Å². The Morgan fingerprint density at radius 1 is 1.30 bits per heavy atom. The molecule has 126 valence electrons. The molecule has 5 nitrogen and oxygen atoms in total. The standard InChI is InChI=1S/C18H27N3O2/c1-3-18(4-2)17(22)21(12-13-7-9-20-10-8-13)15-6-5-14(19)11-16(15)23-18/h5-6,11,13,20H,3-4,7-10,12,19H2,1-2H3. The number of anilines is 2. The van der Waals surface area contributed by atoms with Crippen LogP contribution in [-0.2, 0) is 4.79 Å². The largest absolute Gasteiger partial charge is 0.475 e. The summed E-state index contributed by atoms with van der Waals surface area (Å²) in [5.41, 5.74) is 6.70. The minimum absolute atomic E-state index is 0.0957.